The number of aryl methyl sites for hydroxylation is 2. The molecular weight excluding hydrogens is 588 g/mol. The van der Waals surface area contributed by atoms with Gasteiger partial charge in [0.05, 0.1) is 44.2 Å². The lowest BCUT2D eigenvalue weighted by molar-refractivity contribution is -0.137. The fourth-order valence-corrected chi connectivity index (χ4v) is 5.98. The zero-order valence-corrected chi connectivity index (χ0v) is 25.9. The minimum absolute atomic E-state index is 0.0698. The van der Waals surface area contributed by atoms with Crippen molar-refractivity contribution in [3.8, 4) is 17.2 Å². The van der Waals surface area contributed by atoms with Crippen LogP contribution in [0.4, 0.5) is 5.69 Å². The quantitative estimate of drug-likeness (QED) is 0.240. The molecule has 1 saturated heterocycles. The Kier molecular flexibility index (Phi) is 10.8. The van der Waals surface area contributed by atoms with Crippen molar-refractivity contribution in [3.63, 3.8) is 0 Å². The van der Waals surface area contributed by atoms with Gasteiger partial charge < -0.3 is 23.8 Å². The van der Waals surface area contributed by atoms with Crippen molar-refractivity contribution in [1.82, 2.24) is 10.3 Å². The Balaban J connectivity index is 1.43. The van der Waals surface area contributed by atoms with Crippen LogP contribution in [-0.4, -0.2) is 85.0 Å². The largest absolute Gasteiger partial charge is 0.493 e. The summed E-state index contributed by atoms with van der Waals surface area (Å²) in [5, 5.41) is 4.00. The van der Waals surface area contributed by atoms with Crippen LogP contribution in [0.15, 0.2) is 70.7 Å². The molecule has 0 saturated carbocycles. The standard InChI is InChI=1S/C31H36N4O8S/c1-22-15-23(2)17-25(16-22)35(44(38,39)27-9-10-28(40-3)29(18-27)41-4)20-30(36)33-32-19-24-5-7-26(8-6-24)43-21-31(37)34-11-13-42-14-12-34/h5-10,15-19H,11-14,20-21H2,1-4H3,(H,33,36)/b32-19-. The average molecular weight is 625 g/mol. The van der Waals surface area contributed by atoms with E-state index >= 15 is 0 Å². The Labute approximate surface area is 257 Å². The van der Waals surface area contributed by atoms with E-state index in [1.165, 1.54) is 38.6 Å². The van der Waals surface area contributed by atoms with Crippen LogP contribution in [-0.2, 0) is 24.3 Å². The van der Waals surface area contributed by atoms with Gasteiger partial charge in [0.15, 0.2) is 18.1 Å². The molecule has 3 aromatic carbocycles. The molecule has 12 nitrogen and oxygen atoms in total. The number of anilines is 1. The predicted molar refractivity (Wildman–Crippen MR) is 165 cm³/mol. The maximum atomic E-state index is 13.8. The van der Waals surface area contributed by atoms with E-state index in [1.54, 1.807) is 41.3 Å². The molecule has 0 radical (unpaired) electrons. The summed E-state index contributed by atoms with van der Waals surface area (Å²) in [6, 6.07) is 16.4. The highest BCUT2D eigenvalue weighted by molar-refractivity contribution is 7.92. The van der Waals surface area contributed by atoms with Gasteiger partial charge in [-0.2, -0.15) is 5.10 Å². The molecule has 1 N–H and O–H groups in total. The van der Waals surface area contributed by atoms with Crippen molar-refractivity contribution in [2.75, 3.05) is 58.0 Å². The molecule has 1 fully saturated rings. The summed E-state index contributed by atoms with van der Waals surface area (Å²) in [4.78, 5) is 26.9. The van der Waals surface area contributed by atoms with E-state index in [-0.39, 0.29) is 23.2 Å². The highest BCUT2D eigenvalue weighted by Crippen LogP contribution is 2.32. The third-order valence-corrected chi connectivity index (χ3v) is 8.50. The normalized spacial score (nSPS) is 13.4. The average Bonchev–Trinajstić information content (AvgIpc) is 3.02. The minimum Gasteiger partial charge on any atom is -0.493 e. The Morgan fingerprint density at radius 3 is 2.25 bits per heavy atom. The van der Waals surface area contributed by atoms with Crippen LogP contribution in [0.1, 0.15) is 16.7 Å². The molecule has 0 atom stereocenters. The van der Waals surface area contributed by atoms with Gasteiger partial charge in [-0.05, 0) is 79.1 Å². The number of morpholine rings is 1. The van der Waals surface area contributed by atoms with Crippen LogP contribution in [0.3, 0.4) is 0 Å². The van der Waals surface area contributed by atoms with Crippen molar-refractivity contribution in [2.45, 2.75) is 18.7 Å². The number of carbonyl (C=O) groups excluding carboxylic acids is 2. The Morgan fingerprint density at radius 2 is 1.61 bits per heavy atom. The number of sulfonamides is 1. The number of ether oxygens (including phenoxy) is 4. The maximum absolute atomic E-state index is 13.8. The van der Waals surface area contributed by atoms with Gasteiger partial charge in [0.25, 0.3) is 21.8 Å². The third kappa shape index (κ3) is 8.26. The van der Waals surface area contributed by atoms with Crippen LogP contribution in [0, 0.1) is 13.8 Å². The zero-order valence-electron chi connectivity index (χ0n) is 25.1. The van der Waals surface area contributed by atoms with Crippen molar-refractivity contribution in [1.29, 1.82) is 0 Å². The Morgan fingerprint density at radius 1 is 0.955 bits per heavy atom. The molecule has 2 amide bonds. The molecule has 1 aliphatic rings. The second kappa shape index (κ2) is 14.7. The third-order valence-electron chi connectivity index (χ3n) is 6.73. The molecule has 1 heterocycles. The number of hydrogen-bond acceptors (Lipinski definition) is 9. The van der Waals surface area contributed by atoms with Gasteiger partial charge in [0, 0.05) is 19.2 Å². The highest BCUT2D eigenvalue weighted by atomic mass is 32.2. The molecule has 0 bridgehead atoms. The molecule has 0 aliphatic carbocycles. The number of hydrogen-bond donors (Lipinski definition) is 1. The highest BCUT2D eigenvalue weighted by Gasteiger charge is 2.29. The number of nitrogens with zero attached hydrogens (tertiary/aromatic N) is 3. The fourth-order valence-electron chi connectivity index (χ4n) is 4.56. The smallest absolute Gasteiger partial charge is 0.264 e. The summed E-state index contributed by atoms with van der Waals surface area (Å²) in [6.07, 6.45) is 1.42. The van der Waals surface area contributed by atoms with Gasteiger partial charge in [-0.3, -0.25) is 13.9 Å². The van der Waals surface area contributed by atoms with E-state index in [0.29, 0.717) is 49.1 Å². The number of rotatable bonds is 12. The lowest BCUT2D eigenvalue weighted by Gasteiger charge is -2.26. The van der Waals surface area contributed by atoms with E-state index in [1.807, 2.05) is 19.9 Å². The number of amides is 2. The molecule has 3 aromatic rings. The summed E-state index contributed by atoms with van der Waals surface area (Å²) < 4.78 is 50.1. The maximum Gasteiger partial charge on any atom is 0.264 e. The molecule has 0 unspecified atom stereocenters. The number of benzene rings is 3. The summed E-state index contributed by atoms with van der Waals surface area (Å²) in [6.45, 7) is 5.23. The van der Waals surface area contributed by atoms with Crippen molar-refractivity contribution >= 4 is 33.7 Å². The zero-order chi connectivity index (χ0) is 31.7. The van der Waals surface area contributed by atoms with Crippen LogP contribution < -0.4 is 23.9 Å². The van der Waals surface area contributed by atoms with Gasteiger partial charge >= 0.3 is 0 Å². The summed E-state index contributed by atoms with van der Waals surface area (Å²) in [7, 11) is -1.34. The number of nitrogens with one attached hydrogen (secondary N) is 1. The Hall–Kier alpha value is -4.62. The first-order valence-corrected chi connectivity index (χ1v) is 15.3. The lowest BCUT2D eigenvalue weighted by atomic mass is 10.1. The summed E-state index contributed by atoms with van der Waals surface area (Å²) in [5.74, 6) is 0.369. The molecule has 0 spiro atoms. The van der Waals surface area contributed by atoms with Crippen molar-refractivity contribution < 1.29 is 37.0 Å². The SMILES string of the molecule is COc1ccc(S(=O)(=O)N(CC(=O)N/N=C\c2ccc(OCC(=O)N3CCOCC3)cc2)c2cc(C)cc(C)c2)cc1OC. The van der Waals surface area contributed by atoms with Crippen LogP contribution >= 0.6 is 0 Å². The first-order chi connectivity index (χ1) is 21.1. The molecule has 44 heavy (non-hydrogen) atoms. The molecule has 4 rings (SSSR count). The first-order valence-electron chi connectivity index (χ1n) is 13.8. The fraction of sp³-hybridized carbons (Fsp3) is 0.323. The molecule has 234 valence electrons. The summed E-state index contributed by atoms with van der Waals surface area (Å²) in [5.41, 5.74) is 5.06. The van der Waals surface area contributed by atoms with Gasteiger partial charge in [-0.1, -0.05) is 6.07 Å². The van der Waals surface area contributed by atoms with Gasteiger partial charge in [0.2, 0.25) is 0 Å². The molecular formula is C31H36N4O8S. The van der Waals surface area contributed by atoms with Gasteiger partial charge in [-0.15, -0.1) is 0 Å². The van der Waals surface area contributed by atoms with E-state index in [9.17, 15) is 18.0 Å². The monoisotopic (exact) mass is 624 g/mol. The number of hydrazone groups is 1. The van der Waals surface area contributed by atoms with Crippen LogP contribution in [0.5, 0.6) is 17.2 Å². The lowest BCUT2D eigenvalue weighted by Crippen LogP contribution is -2.42. The predicted octanol–water partition coefficient (Wildman–Crippen LogP) is 2.90. The molecule has 13 heteroatoms. The van der Waals surface area contributed by atoms with Crippen molar-refractivity contribution in [3.05, 3.63) is 77.4 Å². The van der Waals surface area contributed by atoms with Gasteiger partial charge in [-0.25, -0.2) is 13.8 Å². The Bertz CT molecular complexity index is 1580. The molecule has 1 aliphatic heterocycles. The number of carbonyl (C=O) groups is 2. The van der Waals surface area contributed by atoms with E-state index in [2.05, 4.69) is 10.5 Å². The first kappa shape index (κ1) is 32.3. The van der Waals surface area contributed by atoms with Gasteiger partial charge in [0.1, 0.15) is 12.3 Å². The minimum atomic E-state index is -4.20. The van der Waals surface area contributed by atoms with E-state index in [0.717, 1.165) is 15.4 Å². The molecule has 0 aromatic heterocycles. The van der Waals surface area contributed by atoms with Crippen molar-refractivity contribution in [2.24, 2.45) is 5.10 Å². The van der Waals surface area contributed by atoms with Crippen LogP contribution in [0.2, 0.25) is 0 Å². The second-order valence-corrected chi connectivity index (χ2v) is 11.9. The number of methoxy groups -OCH3 is 2. The second-order valence-electron chi connectivity index (χ2n) is 10.0. The topological polar surface area (TPSA) is 136 Å². The van der Waals surface area contributed by atoms with E-state index in [4.69, 9.17) is 18.9 Å². The van der Waals surface area contributed by atoms with Crippen LogP contribution in [0.25, 0.3) is 0 Å². The van der Waals surface area contributed by atoms with E-state index < -0.39 is 22.5 Å². The summed E-state index contributed by atoms with van der Waals surface area (Å²) >= 11 is 0.